The highest BCUT2D eigenvalue weighted by Crippen LogP contribution is 2.25. The molecule has 3 unspecified atom stereocenters. The number of pyridine rings is 2. The fraction of sp³-hybridized carbons (Fsp3) is 0.556. The van der Waals surface area contributed by atoms with Gasteiger partial charge in [0.05, 0.1) is 39.1 Å². The molecular weight excluding hydrogens is 1060 g/mol. The number of hydrogen-bond acceptors (Lipinski definition) is 15. The molecule has 0 bridgehead atoms. The second kappa shape index (κ2) is 44.5. The molecule has 2 fully saturated rings. The van der Waals surface area contributed by atoms with Gasteiger partial charge in [0.25, 0.3) is 0 Å². The van der Waals surface area contributed by atoms with Crippen molar-refractivity contribution < 1.29 is 0 Å². The van der Waals surface area contributed by atoms with Crippen molar-refractivity contribution in [1.82, 2.24) is 80.4 Å². The SMILES string of the molecule is CC.CC.CC.CC.CC.CC.CC.CN=C1NC2CCCCC2N1.CNc1nc2c(C)nccc2[nH]1.CNc1nc2c([nH]1)CC(C)CC2.CNc1nc2ccccc2[nH]1.CNc1nc2nc(C)ccc2[nH]1.CNc1nc2nc(C)nc(C)c2[nH]1. The molecule has 8 aromatic heterocycles. The number of anilines is 5. The molecule has 1 aliphatic heterocycles. The van der Waals surface area contributed by atoms with Crippen LogP contribution in [0.2, 0.25) is 0 Å². The number of nitrogens with one attached hydrogen (secondary N) is 12. The van der Waals surface area contributed by atoms with E-state index in [1.165, 1.54) is 43.5 Å². The number of aromatic amines is 5. The molecule has 474 valence electrons. The fourth-order valence-electron chi connectivity index (χ4n) is 8.43. The molecule has 12 N–H and O–H groups in total. The predicted octanol–water partition coefficient (Wildman–Crippen LogP) is 14.5. The summed E-state index contributed by atoms with van der Waals surface area (Å²) in [7, 11) is 11.0. The second-order valence-corrected chi connectivity index (χ2v) is 17.5. The van der Waals surface area contributed by atoms with Crippen LogP contribution in [-0.4, -0.2) is 130 Å². The van der Waals surface area contributed by atoms with Crippen molar-refractivity contribution in [1.29, 1.82) is 0 Å². The van der Waals surface area contributed by atoms with Gasteiger partial charge in [0.2, 0.25) is 23.8 Å². The van der Waals surface area contributed by atoms with E-state index in [9.17, 15) is 0 Å². The standard InChI is InChI=1S/C9H15N3.C8H11N5.2C8H10N4.C8H15N3.C8H9N3.7C2H6/c1-6-3-4-7-8(5-6)12-9(10-2)11-7;1-4-6-7(11-5(2)10-4)13-8(9-3)12-6;1-5-7-6(3-4-10-5)11-8(9-2)12-7;1-5-3-4-6-7(10-5)12-8(9-2)11-6;2*1-9-8-10-6-4-2-3-5-7(6)11-8;7*1-2/h6H,3-5H2,1-2H3,(H2,10,11,12);1-3H3,(H2,9,10,11,12,13);3-4H,1-2H3,(H2,9,11,12);3-4H,1-2H3,(H2,9,10,11,12);6-7H,2-5H2,1H3,(H2,9,10,11);2-5H,1H3,(H2,9,10,11);7*1-2H3. The summed E-state index contributed by atoms with van der Waals surface area (Å²) in [4.78, 5) is 58.1. The number of para-hydroxylation sites is 2. The van der Waals surface area contributed by atoms with Crippen molar-refractivity contribution >= 4 is 80.1 Å². The minimum Gasteiger partial charge on any atom is -0.359 e. The van der Waals surface area contributed by atoms with Gasteiger partial charge in [-0.2, -0.15) is 9.97 Å². The zero-order valence-electron chi connectivity index (χ0n) is 56.8. The average molecular weight is 1180 g/mol. The summed E-state index contributed by atoms with van der Waals surface area (Å²) in [5.41, 5.74) is 12.8. The molecule has 22 heteroatoms. The van der Waals surface area contributed by atoms with Gasteiger partial charge < -0.3 is 62.1 Å². The van der Waals surface area contributed by atoms with Crippen molar-refractivity contribution in [2.75, 3.05) is 68.9 Å². The van der Waals surface area contributed by atoms with Crippen LogP contribution in [-0.2, 0) is 12.8 Å². The number of H-pyrrole nitrogens is 5. The molecule has 0 amide bonds. The largest absolute Gasteiger partial charge is 0.359 e. The Kier molecular flexibility index (Phi) is 40.3. The van der Waals surface area contributed by atoms with Crippen LogP contribution in [0.25, 0.3) is 44.4 Å². The predicted molar refractivity (Wildman–Crippen MR) is 367 cm³/mol. The van der Waals surface area contributed by atoms with Crippen molar-refractivity contribution in [2.24, 2.45) is 10.9 Å². The lowest BCUT2D eigenvalue weighted by atomic mass is 9.92. The van der Waals surface area contributed by atoms with Crippen molar-refractivity contribution in [2.45, 2.75) is 189 Å². The van der Waals surface area contributed by atoms with Gasteiger partial charge in [-0.05, 0) is 96.0 Å². The molecule has 9 aromatic rings. The van der Waals surface area contributed by atoms with Crippen molar-refractivity contribution in [3.05, 3.63) is 83.0 Å². The van der Waals surface area contributed by atoms with Crippen molar-refractivity contribution in [3.8, 4) is 0 Å². The molecule has 1 saturated heterocycles. The summed E-state index contributed by atoms with van der Waals surface area (Å²) in [6, 6.07) is 15.1. The maximum absolute atomic E-state index is 4.44. The molecule has 12 rings (SSSR count). The lowest BCUT2D eigenvalue weighted by Crippen LogP contribution is -2.36. The minimum absolute atomic E-state index is 0.655. The molecule has 1 aromatic carbocycles. The highest BCUT2D eigenvalue weighted by atomic mass is 15.3. The van der Waals surface area contributed by atoms with Crippen LogP contribution in [0, 0.1) is 33.6 Å². The van der Waals surface area contributed by atoms with Crippen molar-refractivity contribution in [3.63, 3.8) is 0 Å². The number of rotatable bonds is 5. The Balaban J connectivity index is 0.000000955. The first-order valence-electron chi connectivity index (χ1n) is 31.2. The summed E-state index contributed by atoms with van der Waals surface area (Å²) >= 11 is 0. The van der Waals surface area contributed by atoms with Crippen LogP contribution in [0.4, 0.5) is 29.7 Å². The summed E-state index contributed by atoms with van der Waals surface area (Å²) in [6.07, 6.45) is 10.7. The average Bonchev–Trinajstić information content (AvgIpc) is 4.66. The van der Waals surface area contributed by atoms with Gasteiger partial charge in [0.15, 0.2) is 23.2 Å². The number of fused-ring (bicyclic) bond motifs is 6. The van der Waals surface area contributed by atoms with E-state index in [0.717, 1.165) is 116 Å². The molecule has 9 heterocycles. The first-order chi connectivity index (χ1) is 41.4. The molecular formula is C63H112N22. The van der Waals surface area contributed by atoms with Gasteiger partial charge in [-0.15, -0.1) is 0 Å². The number of aliphatic imine (C=N–C) groups is 1. The van der Waals surface area contributed by atoms with E-state index in [-0.39, 0.29) is 0 Å². The van der Waals surface area contributed by atoms with Crippen LogP contribution < -0.4 is 37.2 Å². The van der Waals surface area contributed by atoms with Gasteiger partial charge in [-0.25, -0.2) is 29.9 Å². The van der Waals surface area contributed by atoms with E-state index in [1.807, 2.05) is 209 Å². The third-order valence-electron chi connectivity index (χ3n) is 12.2. The van der Waals surface area contributed by atoms with Crippen LogP contribution in [0.3, 0.4) is 0 Å². The van der Waals surface area contributed by atoms with Gasteiger partial charge in [-0.3, -0.25) is 9.98 Å². The number of hydrogen-bond donors (Lipinski definition) is 12. The summed E-state index contributed by atoms with van der Waals surface area (Å²) in [5, 5.41) is 21.6. The van der Waals surface area contributed by atoms with Gasteiger partial charge in [0, 0.05) is 72.0 Å². The zero-order valence-corrected chi connectivity index (χ0v) is 56.8. The van der Waals surface area contributed by atoms with E-state index in [1.54, 1.807) is 6.20 Å². The molecule has 0 radical (unpaired) electrons. The third kappa shape index (κ3) is 24.6. The maximum atomic E-state index is 4.44. The Hall–Kier alpha value is -8.04. The summed E-state index contributed by atoms with van der Waals surface area (Å²) in [5.74, 6) is 6.52. The Labute approximate surface area is 509 Å². The number of nitrogens with zero attached hydrogens (tertiary/aromatic N) is 10. The Bertz CT molecular complexity index is 3090. The van der Waals surface area contributed by atoms with Crippen LogP contribution in [0.15, 0.2) is 53.7 Å². The molecule has 85 heavy (non-hydrogen) atoms. The minimum atomic E-state index is 0.655. The van der Waals surface area contributed by atoms with Crippen LogP contribution >= 0.6 is 0 Å². The van der Waals surface area contributed by atoms with Gasteiger partial charge in [-0.1, -0.05) is 129 Å². The van der Waals surface area contributed by atoms with Crippen LogP contribution in [0.5, 0.6) is 0 Å². The lowest BCUT2D eigenvalue weighted by molar-refractivity contribution is 0.374. The Morgan fingerprint density at radius 3 is 1.56 bits per heavy atom. The Morgan fingerprint density at radius 1 is 0.482 bits per heavy atom. The molecule has 3 atom stereocenters. The lowest BCUT2D eigenvalue weighted by Gasteiger charge is -2.23. The topological polar surface area (TPSA) is 292 Å². The molecule has 3 aliphatic rings. The van der Waals surface area contributed by atoms with Crippen LogP contribution in [0.1, 0.15) is 170 Å². The number of aromatic nitrogens is 14. The van der Waals surface area contributed by atoms with E-state index in [0.29, 0.717) is 17.7 Å². The van der Waals surface area contributed by atoms with Gasteiger partial charge >= 0.3 is 0 Å². The van der Waals surface area contributed by atoms with E-state index < -0.39 is 0 Å². The smallest absolute Gasteiger partial charge is 0.202 e. The highest BCUT2D eigenvalue weighted by Gasteiger charge is 2.31. The molecule has 1 saturated carbocycles. The number of guanidine groups is 1. The monoisotopic (exact) mass is 1180 g/mol. The molecule has 2 aliphatic carbocycles. The fourth-order valence-corrected chi connectivity index (χ4v) is 8.43. The maximum Gasteiger partial charge on any atom is 0.202 e. The van der Waals surface area contributed by atoms with Gasteiger partial charge in [0.1, 0.15) is 16.9 Å². The number of benzene rings is 1. The quantitative estimate of drug-likeness (QED) is 0.0763. The molecule has 22 nitrogen and oxygen atoms in total. The van der Waals surface area contributed by atoms with E-state index in [2.05, 4.69) is 119 Å². The van der Waals surface area contributed by atoms with E-state index >= 15 is 0 Å². The Morgan fingerprint density at radius 2 is 1.00 bits per heavy atom. The molecule has 0 spiro atoms. The first-order valence-corrected chi connectivity index (χ1v) is 31.2. The van der Waals surface area contributed by atoms with E-state index in [4.69, 9.17) is 0 Å². The summed E-state index contributed by atoms with van der Waals surface area (Å²) in [6.45, 7) is 38.0. The highest BCUT2D eigenvalue weighted by molar-refractivity contribution is 5.83. The normalized spacial score (nSPS) is 14.1. The first kappa shape index (κ1) is 77.0. The number of imidazole rings is 5. The number of aryl methyl sites for hydroxylation is 5. The zero-order chi connectivity index (χ0) is 64.4. The second-order valence-electron chi connectivity index (χ2n) is 17.5. The summed E-state index contributed by atoms with van der Waals surface area (Å²) < 4.78 is 0. The third-order valence-corrected chi connectivity index (χ3v) is 12.2.